The molecule has 7 nitrogen and oxygen atoms in total. The molecular formula is C9H10N4O3S. The zero-order chi connectivity index (χ0) is 12.1. The number of nitrogens with zero attached hydrogens (tertiary/aromatic N) is 1. The van der Waals surface area contributed by atoms with Gasteiger partial charge in [-0.3, -0.25) is 0 Å². The molecule has 0 fully saturated rings. The molecule has 0 saturated carbocycles. The second-order valence-electron chi connectivity index (χ2n) is 3.05. The van der Waals surface area contributed by atoms with E-state index < -0.39 is 10.3 Å². The molecule has 2 aromatic rings. The van der Waals surface area contributed by atoms with E-state index in [1.807, 2.05) is 6.07 Å². The van der Waals surface area contributed by atoms with Crippen LogP contribution in [0.1, 0.15) is 0 Å². The molecule has 8 heteroatoms. The van der Waals surface area contributed by atoms with Crippen molar-refractivity contribution in [2.24, 2.45) is 0 Å². The van der Waals surface area contributed by atoms with E-state index in [1.165, 1.54) is 12.3 Å². The van der Waals surface area contributed by atoms with Gasteiger partial charge in [0.15, 0.2) is 0 Å². The van der Waals surface area contributed by atoms with Gasteiger partial charge in [0.25, 0.3) is 0 Å². The molecule has 2 rings (SSSR count). The molecule has 0 aliphatic rings. The van der Waals surface area contributed by atoms with Crippen molar-refractivity contribution in [2.75, 3.05) is 5.43 Å². The number of anilines is 1. The van der Waals surface area contributed by atoms with Gasteiger partial charge in [0.2, 0.25) is 5.88 Å². The average molecular weight is 254 g/mol. The van der Waals surface area contributed by atoms with Crippen molar-refractivity contribution in [2.45, 2.75) is 0 Å². The second kappa shape index (κ2) is 4.85. The molecule has 1 aromatic heterocycles. The smallest absolute Gasteiger partial charge is 0.350 e. The Balaban J connectivity index is 1.94. The molecule has 0 radical (unpaired) electrons. The molecule has 1 aromatic carbocycles. The van der Waals surface area contributed by atoms with Gasteiger partial charge in [-0.15, -0.1) is 0 Å². The van der Waals surface area contributed by atoms with E-state index in [2.05, 4.69) is 24.6 Å². The Bertz CT molecular complexity index is 553. The number of hydrogen-bond donors (Lipinski definition) is 3. The van der Waals surface area contributed by atoms with Crippen LogP contribution in [0.2, 0.25) is 0 Å². The Kier molecular flexibility index (Phi) is 3.26. The molecule has 1 heterocycles. The van der Waals surface area contributed by atoms with Gasteiger partial charge in [-0.05, 0) is 12.1 Å². The minimum atomic E-state index is -3.94. The second-order valence-corrected chi connectivity index (χ2v) is 4.33. The molecule has 0 unspecified atom stereocenters. The predicted molar refractivity (Wildman–Crippen MR) is 61.3 cm³/mol. The van der Waals surface area contributed by atoms with Crippen molar-refractivity contribution in [1.29, 1.82) is 0 Å². The average Bonchev–Trinajstić information content (AvgIpc) is 2.80. The highest BCUT2D eigenvalue weighted by Crippen LogP contribution is 2.06. The van der Waals surface area contributed by atoms with Crippen molar-refractivity contribution < 1.29 is 12.6 Å². The number of H-pyrrole nitrogens is 1. The number of aromatic amines is 1. The van der Waals surface area contributed by atoms with Crippen molar-refractivity contribution >= 4 is 16.0 Å². The highest BCUT2D eigenvalue weighted by molar-refractivity contribution is 7.85. The van der Waals surface area contributed by atoms with Crippen LogP contribution in [0.4, 0.5) is 5.69 Å². The summed E-state index contributed by atoms with van der Waals surface area (Å²) in [6.45, 7) is 0. The van der Waals surface area contributed by atoms with Crippen molar-refractivity contribution in [3.63, 3.8) is 0 Å². The topological polar surface area (TPSA) is 96.1 Å². The SMILES string of the molecule is O=S(=O)(NNc1ccccc1)Oc1ccn[nH]1. The summed E-state index contributed by atoms with van der Waals surface area (Å²) in [5.74, 6) is 0.0346. The number of para-hydroxylation sites is 1. The monoisotopic (exact) mass is 254 g/mol. The lowest BCUT2D eigenvalue weighted by molar-refractivity contribution is 0.466. The molecule has 0 atom stereocenters. The lowest BCUT2D eigenvalue weighted by atomic mass is 10.3. The third-order valence-electron chi connectivity index (χ3n) is 1.77. The lowest BCUT2D eigenvalue weighted by Gasteiger charge is -2.08. The van der Waals surface area contributed by atoms with Gasteiger partial charge in [0.1, 0.15) is 0 Å². The van der Waals surface area contributed by atoms with E-state index in [0.717, 1.165) is 0 Å². The fraction of sp³-hybridized carbons (Fsp3) is 0. The first kappa shape index (κ1) is 11.4. The van der Waals surface area contributed by atoms with Crippen LogP contribution in [0.15, 0.2) is 42.6 Å². The van der Waals surface area contributed by atoms with E-state index >= 15 is 0 Å². The molecule has 0 saturated heterocycles. The summed E-state index contributed by atoms with van der Waals surface area (Å²) < 4.78 is 27.5. The maximum atomic E-state index is 11.4. The Morgan fingerprint density at radius 1 is 1.18 bits per heavy atom. The van der Waals surface area contributed by atoms with Crippen LogP contribution in [-0.4, -0.2) is 18.6 Å². The van der Waals surface area contributed by atoms with Crippen molar-refractivity contribution in [3.8, 4) is 5.88 Å². The van der Waals surface area contributed by atoms with Crippen molar-refractivity contribution in [1.82, 2.24) is 15.0 Å². The Labute approximate surface area is 98.0 Å². The Hall–Kier alpha value is -2.06. The lowest BCUT2D eigenvalue weighted by Crippen LogP contribution is -2.33. The normalized spacial score (nSPS) is 11.1. The fourth-order valence-electron chi connectivity index (χ4n) is 1.07. The first-order valence-corrected chi connectivity index (χ1v) is 6.08. The highest BCUT2D eigenvalue weighted by Gasteiger charge is 2.12. The molecule has 17 heavy (non-hydrogen) atoms. The highest BCUT2D eigenvalue weighted by atomic mass is 32.2. The van der Waals surface area contributed by atoms with Gasteiger partial charge < -0.3 is 9.61 Å². The van der Waals surface area contributed by atoms with Crippen LogP contribution in [0.25, 0.3) is 0 Å². The number of rotatable bonds is 5. The zero-order valence-corrected chi connectivity index (χ0v) is 9.44. The standard InChI is InChI=1S/C9H10N4O3S/c14-17(15,16-9-6-7-10-12-9)13-11-8-4-2-1-3-5-8/h1-7,11,13H,(H,10,12). The molecule has 0 amide bonds. The first-order valence-electron chi connectivity index (χ1n) is 4.67. The van der Waals surface area contributed by atoms with E-state index in [-0.39, 0.29) is 5.88 Å². The van der Waals surface area contributed by atoms with Gasteiger partial charge >= 0.3 is 10.3 Å². The van der Waals surface area contributed by atoms with Crippen LogP contribution in [0.5, 0.6) is 5.88 Å². The molecule has 0 spiro atoms. The van der Waals surface area contributed by atoms with E-state index in [4.69, 9.17) is 0 Å². The van der Waals surface area contributed by atoms with Crippen LogP contribution in [-0.2, 0) is 10.3 Å². The summed E-state index contributed by atoms with van der Waals surface area (Å²) in [5.41, 5.74) is 3.10. The van der Waals surface area contributed by atoms with Crippen LogP contribution in [0, 0.1) is 0 Å². The number of nitrogens with one attached hydrogen (secondary N) is 3. The maximum Gasteiger partial charge on any atom is 0.401 e. The van der Waals surface area contributed by atoms with Gasteiger partial charge in [-0.2, -0.15) is 13.5 Å². The number of benzene rings is 1. The summed E-state index contributed by atoms with van der Waals surface area (Å²) in [6.07, 6.45) is 1.38. The maximum absolute atomic E-state index is 11.4. The fourth-order valence-corrected chi connectivity index (χ4v) is 1.69. The molecular weight excluding hydrogens is 244 g/mol. The summed E-state index contributed by atoms with van der Waals surface area (Å²) in [4.78, 5) is 2.07. The summed E-state index contributed by atoms with van der Waals surface area (Å²) in [5, 5.41) is 5.93. The molecule has 90 valence electrons. The number of hydrogen-bond acceptors (Lipinski definition) is 5. The molecule has 0 aliphatic heterocycles. The largest absolute Gasteiger partial charge is 0.401 e. The summed E-state index contributed by atoms with van der Waals surface area (Å²) in [6, 6.07) is 10.2. The number of hydrazine groups is 1. The minimum Gasteiger partial charge on any atom is -0.350 e. The van der Waals surface area contributed by atoms with Crippen LogP contribution < -0.4 is 14.4 Å². The molecule has 0 bridgehead atoms. The van der Waals surface area contributed by atoms with Gasteiger partial charge in [0, 0.05) is 11.8 Å². The first-order chi connectivity index (χ1) is 8.16. The zero-order valence-electron chi connectivity index (χ0n) is 8.62. The van der Waals surface area contributed by atoms with Gasteiger partial charge in [-0.1, -0.05) is 23.0 Å². The van der Waals surface area contributed by atoms with E-state index in [9.17, 15) is 8.42 Å². The predicted octanol–water partition coefficient (Wildman–Crippen LogP) is 0.650. The third-order valence-corrected chi connectivity index (χ3v) is 2.52. The quantitative estimate of drug-likeness (QED) is 0.681. The molecule has 3 N–H and O–H groups in total. The van der Waals surface area contributed by atoms with Crippen LogP contribution in [0.3, 0.4) is 0 Å². The third kappa shape index (κ3) is 3.47. The van der Waals surface area contributed by atoms with E-state index in [0.29, 0.717) is 5.69 Å². The van der Waals surface area contributed by atoms with Gasteiger partial charge in [0.05, 0.1) is 6.20 Å². The van der Waals surface area contributed by atoms with Gasteiger partial charge in [-0.25, -0.2) is 5.10 Å². The van der Waals surface area contributed by atoms with E-state index in [1.54, 1.807) is 24.3 Å². The Morgan fingerprint density at radius 2 is 1.94 bits per heavy atom. The van der Waals surface area contributed by atoms with Crippen molar-refractivity contribution in [3.05, 3.63) is 42.6 Å². The Morgan fingerprint density at radius 3 is 2.59 bits per heavy atom. The summed E-state index contributed by atoms with van der Waals surface area (Å²) >= 11 is 0. The molecule has 0 aliphatic carbocycles. The minimum absolute atomic E-state index is 0.0346. The van der Waals surface area contributed by atoms with Crippen LogP contribution >= 0.6 is 0 Å². The number of aromatic nitrogens is 2. The summed E-state index contributed by atoms with van der Waals surface area (Å²) in [7, 11) is -3.94.